The third-order valence-electron chi connectivity index (χ3n) is 10.2. The van der Waals surface area contributed by atoms with E-state index in [0.29, 0.717) is 0 Å². The van der Waals surface area contributed by atoms with Crippen LogP contribution in [0.15, 0.2) is 151 Å². The van der Waals surface area contributed by atoms with Gasteiger partial charge >= 0.3 is 0 Å². The predicted molar refractivity (Wildman–Crippen MR) is 198 cm³/mol. The summed E-state index contributed by atoms with van der Waals surface area (Å²) in [6, 6.07) is 40.5. The monoisotopic (exact) mass is 593 g/mol. The summed E-state index contributed by atoms with van der Waals surface area (Å²) in [5.74, 6) is 0. The van der Waals surface area contributed by atoms with Gasteiger partial charge in [0.05, 0.1) is 11.0 Å². The third kappa shape index (κ3) is 4.62. The summed E-state index contributed by atoms with van der Waals surface area (Å²) in [5.41, 5.74) is 16.5. The van der Waals surface area contributed by atoms with Crippen molar-refractivity contribution in [2.75, 3.05) is 0 Å². The van der Waals surface area contributed by atoms with Crippen LogP contribution in [0.1, 0.15) is 56.7 Å². The van der Waals surface area contributed by atoms with Gasteiger partial charge in [0.25, 0.3) is 0 Å². The Morgan fingerprint density at radius 1 is 0.739 bits per heavy atom. The second-order valence-corrected chi connectivity index (χ2v) is 13.4. The molecule has 0 spiro atoms. The number of aromatic nitrogens is 1. The molecule has 8 rings (SSSR count). The number of hydrogen-bond donors (Lipinski definition) is 0. The molecule has 2 aliphatic rings. The normalized spacial score (nSPS) is 15.5. The molecule has 5 aromatic carbocycles. The van der Waals surface area contributed by atoms with Crippen LogP contribution >= 0.6 is 0 Å². The zero-order chi connectivity index (χ0) is 31.4. The first kappa shape index (κ1) is 28.3. The number of nitrogens with zero attached hydrogens (tertiary/aromatic N) is 1. The van der Waals surface area contributed by atoms with Crippen molar-refractivity contribution in [2.24, 2.45) is 0 Å². The molecule has 1 nitrogen and oxygen atoms in total. The molecule has 0 radical (unpaired) electrons. The molecule has 224 valence electrons. The lowest BCUT2D eigenvalue weighted by Crippen LogP contribution is -2.14. The molecule has 2 aliphatic carbocycles. The number of hydrogen-bond acceptors (Lipinski definition) is 0. The van der Waals surface area contributed by atoms with Crippen LogP contribution < -0.4 is 0 Å². The van der Waals surface area contributed by atoms with Crippen LogP contribution in [0.2, 0.25) is 0 Å². The average Bonchev–Trinajstić information content (AvgIpc) is 3.33. The van der Waals surface area contributed by atoms with Crippen LogP contribution in [0.5, 0.6) is 0 Å². The van der Waals surface area contributed by atoms with E-state index in [-0.39, 0.29) is 5.41 Å². The van der Waals surface area contributed by atoms with Gasteiger partial charge in [0, 0.05) is 21.9 Å². The second-order valence-electron chi connectivity index (χ2n) is 13.4. The highest BCUT2D eigenvalue weighted by Crippen LogP contribution is 2.51. The molecule has 0 bridgehead atoms. The maximum atomic E-state index is 4.46. The summed E-state index contributed by atoms with van der Waals surface area (Å²) in [5, 5.41) is 2.57. The number of fused-ring (bicyclic) bond motifs is 6. The molecule has 1 aromatic heterocycles. The molecule has 0 saturated heterocycles. The van der Waals surface area contributed by atoms with Gasteiger partial charge in [-0.3, -0.25) is 0 Å². The van der Waals surface area contributed by atoms with E-state index in [4.69, 9.17) is 0 Å². The molecule has 1 heterocycles. The van der Waals surface area contributed by atoms with Crippen LogP contribution in [0.3, 0.4) is 0 Å². The van der Waals surface area contributed by atoms with E-state index in [1.165, 1.54) is 84.0 Å². The minimum atomic E-state index is -0.0642. The lowest BCUT2D eigenvalue weighted by molar-refractivity contribution is 0.661. The molecule has 46 heavy (non-hydrogen) atoms. The Kier molecular flexibility index (Phi) is 6.80. The average molecular weight is 594 g/mol. The SMILES string of the molecule is C=C(C=C(C)c1ccc2c(c1)c1cc3c(cc1n2-c1ccc(-c2ccccc2)cc1)C(C)(C)c1ccccc1-3)C1=CC=CCCC1. The summed E-state index contributed by atoms with van der Waals surface area (Å²) in [7, 11) is 0. The maximum absolute atomic E-state index is 4.46. The highest BCUT2D eigenvalue weighted by molar-refractivity contribution is 6.12. The van der Waals surface area contributed by atoms with Crippen molar-refractivity contribution in [3.8, 4) is 27.9 Å². The smallest absolute Gasteiger partial charge is 0.0544 e. The fraction of sp³-hybridized carbons (Fsp3) is 0.156. The van der Waals surface area contributed by atoms with Gasteiger partial charge in [-0.15, -0.1) is 0 Å². The van der Waals surface area contributed by atoms with Gasteiger partial charge in [0.1, 0.15) is 0 Å². The van der Waals surface area contributed by atoms with Gasteiger partial charge in [-0.2, -0.15) is 0 Å². The van der Waals surface area contributed by atoms with Gasteiger partial charge in [-0.05, 0) is 118 Å². The Morgan fingerprint density at radius 2 is 1.48 bits per heavy atom. The first-order valence-electron chi connectivity index (χ1n) is 16.5. The Hall–Kier alpha value is -5.14. The van der Waals surface area contributed by atoms with Gasteiger partial charge in [-0.25, -0.2) is 0 Å². The predicted octanol–water partition coefficient (Wildman–Crippen LogP) is 12.4. The van der Waals surface area contributed by atoms with Gasteiger partial charge in [0.2, 0.25) is 0 Å². The van der Waals surface area contributed by atoms with Crippen molar-refractivity contribution in [1.29, 1.82) is 0 Å². The zero-order valence-corrected chi connectivity index (χ0v) is 27.0. The van der Waals surface area contributed by atoms with Crippen molar-refractivity contribution in [1.82, 2.24) is 4.57 Å². The first-order valence-corrected chi connectivity index (χ1v) is 16.5. The van der Waals surface area contributed by atoms with E-state index in [9.17, 15) is 0 Å². The quantitative estimate of drug-likeness (QED) is 0.175. The van der Waals surface area contributed by atoms with Crippen LogP contribution in [-0.2, 0) is 5.41 Å². The Morgan fingerprint density at radius 3 is 2.30 bits per heavy atom. The molecule has 0 fully saturated rings. The van der Waals surface area contributed by atoms with Crippen molar-refractivity contribution in [3.63, 3.8) is 0 Å². The van der Waals surface area contributed by atoms with Crippen LogP contribution in [-0.4, -0.2) is 4.57 Å². The molecule has 6 aromatic rings. The highest BCUT2D eigenvalue weighted by Gasteiger charge is 2.36. The third-order valence-corrected chi connectivity index (χ3v) is 10.2. The summed E-state index contributed by atoms with van der Waals surface area (Å²) < 4.78 is 2.46. The fourth-order valence-electron chi connectivity index (χ4n) is 7.65. The van der Waals surface area contributed by atoms with E-state index in [0.717, 1.165) is 18.4 Å². The second kappa shape index (κ2) is 11.0. The van der Waals surface area contributed by atoms with Gasteiger partial charge in [-0.1, -0.05) is 118 Å². The summed E-state index contributed by atoms with van der Waals surface area (Å²) >= 11 is 0. The zero-order valence-electron chi connectivity index (χ0n) is 27.0. The molecular formula is C45H39N. The standard InChI is InChI=1S/C45H39N/c1-30(32-14-8-5-6-9-15-32)26-31(2)35-22-25-43-39(27-35)40-28-38-37-18-12-13-19-41(37)45(3,4)42(38)29-44(40)46(43)36-23-20-34(21-24-36)33-16-10-7-11-17-33/h5,7-8,10-14,16-29H,1,6,9,15H2,2-4H3. The topological polar surface area (TPSA) is 4.93 Å². The number of rotatable bonds is 5. The van der Waals surface area contributed by atoms with Gasteiger partial charge < -0.3 is 4.57 Å². The fourth-order valence-corrected chi connectivity index (χ4v) is 7.65. The Balaban J connectivity index is 1.32. The summed E-state index contributed by atoms with van der Waals surface area (Å²) in [6.07, 6.45) is 12.3. The van der Waals surface area contributed by atoms with Crippen molar-refractivity contribution in [2.45, 2.75) is 45.4 Å². The minimum absolute atomic E-state index is 0.0642. The molecular weight excluding hydrogens is 555 g/mol. The van der Waals surface area contributed by atoms with Crippen molar-refractivity contribution >= 4 is 27.4 Å². The van der Waals surface area contributed by atoms with E-state index < -0.39 is 0 Å². The lowest BCUT2D eigenvalue weighted by atomic mass is 9.82. The van der Waals surface area contributed by atoms with E-state index in [1.54, 1.807) is 0 Å². The van der Waals surface area contributed by atoms with E-state index in [2.05, 4.69) is 165 Å². The van der Waals surface area contributed by atoms with E-state index in [1.807, 2.05) is 0 Å². The number of benzene rings is 5. The highest BCUT2D eigenvalue weighted by atomic mass is 15.0. The maximum Gasteiger partial charge on any atom is 0.0544 e. The first-order chi connectivity index (χ1) is 22.4. The van der Waals surface area contributed by atoms with Gasteiger partial charge in [0.15, 0.2) is 0 Å². The summed E-state index contributed by atoms with van der Waals surface area (Å²) in [4.78, 5) is 0. The van der Waals surface area contributed by atoms with Crippen LogP contribution in [0.25, 0.3) is 55.3 Å². The molecule has 0 N–H and O–H groups in total. The van der Waals surface area contributed by atoms with Crippen molar-refractivity contribution in [3.05, 3.63) is 168 Å². The minimum Gasteiger partial charge on any atom is -0.309 e. The molecule has 0 atom stereocenters. The Labute approximate surface area is 272 Å². The molecule has 0 saturated carbocycles. The van der Waals surface area contributed by atoms with Crippen LogP contribution in [0.4, 0.5) is 0 Å². The number of allylic oxidation sites excluding steroid dienone is 7. The Bertz CT molecular complexity index is 2250. The lowest BCUT2D eigenvalue weighted by Gasteiger charge is -2.21. The molecule has 0 aliphatic heterocycles. The van der Waals surface area contributed by atoms with Crippen molar-refractivity contribution < 1.29 is 0 Å². The van der Waals surface area contributed by atoms with E-state index >= 15 is 0 Å². The largest absolute Gasteiger partial charge is 0.309 e. The van der Waals surface area contributed by atoms with Crippen LogP contribution in [0, 0.1) is 0 Å². The molecule has 0 amide bonds. The molecule has 0 unspecified atom stereocenters. The summed E-state index contributed by atoms with van der Waals surface area (Å²) in [6.45, 7) is 11.4. The molecule has 1 heteroatoms.